The van der Waals surface area contributed by atoms with Crippen LogP contribution < -0.4 is 5.32 Å². The second-order valence-corrected chi connectivity index (χ2v) is 6.30. The second-order valence-electron chi connectivity index (χ2n) is 6.30. The molecule has 0 saturated carbocycles. The van der Waals surface area contributed by atoms with E-state index in [1.54, 1.807) is 12.3 Å². The van der Waals surface area contributed by atoms with Gasteiger partial charge in [-0.2, -0.15) is 0 Å². The maximum atomic E-state index is 10.1. The molecule has 2 unspecified atom stereocenters. The van der Waals surface area contributed by atoms with E-state index >= 15 is 0 Å². The van der Waals surface area contributed by atoms with E-state index in [1.165, 1.54) is 5.56 Å². The molecule has 21 heavy (non-hydrogen) atoms. The molecule has 1 aromatic carbocycles. The van der Waals surface area contributed by atoms with Crippen LogP contribution in [0, 0.1) is 0 Å². The third-order valence-corrected chi connectivity index (χ3v) is 3.90. The molecule has 3 nitrogen and oxygen atoms in total. The number of aliphatic hydroxyl groups excluding tert-OH is 1. The van der Waals surface area contributed by atoms with Crippen LogP contribution in [0.15, 0.2) is 53.1 Å². The Balaban J connectivity index is 1.85. The first-order valence-electron chi connectivity index (χ1n) is 7.49. The highest BCUT2D eigenvalue weighted by atomic mass is 16.4. The van der Waals surface area contributed by atoms with Gasteiger partial charge in [-0.25, -0.2) is 0 Å². The molecule has 0 bridgehead atoms. The van der Waals surface area contributed by atoms with Crippen molar-refractivity contribution in [3.05, 3.63) is 60.1 Å². The van der Waals surface area contributed by atoms with Crippen LogP contribution in [-0.4, -0.2) is 17.7 Å². The fourth-order valence-corrected chi connectivity index (χ4v) is 2.44. The quantitative estimate of drug-likeness (QED) is 0.817. The van der Waals surface area contributed by atoms with E-state index in [1.807, 2.05) is 12.1 Å². The SMILES string of the molecule is CC(CC(O)c1ccco1)NCC(C)(C)c1ccccc1. The lowest BCUT2D eigenvalue weighted by Crippen LogP contribution is -2.38. The van der Waals surface area contributed by atoms with Crippen molar-refractivity contribution >= 4 is 0 Å². The van der Waals surface area contributed by atoms with Gasteiger partial charge in [0.25, 0.3) is 0 Å². The molecule has 0 aliphatic heterocycles. The third kappa shape index (κ3) is 4.45. The van der Waals surface area contributed by atoms with Crippen LogP contribution >= 0.6 is 0 Å². The Labute approximate surface area is 127 Å². The number of furan rings is 1. The maximum absolute atomic E-state index is 10.1. The van der Waals surface area contributed by atoms with Crippen molar-refractivity contribution < 1.29 is 9.52 Å². The van der Waals surface area contributed by atoms with Gasteiger partial charge < -0.3 is 14.8 Å². The summed E-state index contributed by atoms with van der Waals surface area (Å²) in [5.41, 5.74) is 1.38. The van der Waals surface area contributed by atoms with Crippen LogP contribution in [0.5, 0.6) is 0 Å². The Morgan fingerprint density at radius 1 is 1.14 bits per heavy atom. The van der Waals surface area contributed by atoms with Crippen molar-refractivity contribution in [3.8, 4) is 0 Å². The predicted molar refractivity (Wildman–Crippen MR) is 85.2 cm³/mol. The topological polar surface area (TPSA) is 45.4 Å². The van der Waals surface area contributed by atoms with E-state index in [-0.39, 0.29) is 11.5 Å². The average molecular weight is 287 g/mol. The molecule has 0 spiro atoms. The van der Waals surface area contributed by atoms with Gasteiger partial charge in [-0.1, -0.05) is 44.2 Å². The fourth-order valence-electron chi connectivity index (χ4n) is 2.44. The molecule has 3 heteroatoms. The zero-order valence-corrected chi connectivity index (χ0v) is 13.0. The first-order valence-corrected chi connectivity index (χ1v) is 7.49. The minimum Gasteiger partial charge on any atom is -0.467 e. The van der Waals surface area contributed by atoms with Gasteiger partial charge in [-0.3, -0.25) is 0 Å². The fraction of sp³-hybridized carbons (Fsp3) is 0.444. The average Bonchev–Trinajstić information content (AvgIpc) is 3.00. The molecule has 2 aromatic rings. The van der Waals surface area contributed by atoms with Gasteiger partial charge in [0.2, 0.25) is 0 Å². The maximum Gasteiger partial charge on any atom is 0.132 e. The number of nitrogens with one attached hydrogen (secondary N) is 1. The summed E-state index contributed by atoms with van der Waals surface area (Å²) in [5.74, 6) is 0.631. The molecule has 0 amide bonds. The van der Waals surface area contributed by atoms with Crippen molar-refractivity contribution in [3.63, 3.8) is 0 Å². The molecule has 114 valence electrons. The molecular formula is C18H25NO2. The molecule has 2 N–H and O–H groups in total. The summed E-state index contributed by atoms with van der Waals surface area (Å²) in [5, 5.41) is 13.6. The molecular weight excluding hydrogens is 262 g/mol. The molecule has 0 fully saturated rings. The van der Waals surface area contributed by atoms with Gasteiger partial charge in [0, 0.05) is 18.0 Å². The van der Waals surface area contributed by atoms with Crippen molar-refractivity contribution in [2.45, 2.75) is 44.8 Å². The third-order valence-electron chi connectivity index (χ3n) is 3.90. The van der Waals surface area contributed by atoms with Crippen molar-refractivity contribution in [2.24, 2.45) is 0 Å². The summed E-state index contributed by atoms with van der Waals surface area (Å²) in [4.78, 5) is 0. The van der Waals surface area contributed by atoms with Crippen LogP contribution in [0.4, 0.5) is 0 Å². The van der Waals surface area contributed by atoms with E-state index in [0.29, 0.717) is 12.2 Å². The van der Waals surface area contributed by atoms with E-state index in [9.17, 15) is 5.11 Å². The monoisotopic (exact) mass is 287 g/mol. The lowest BCUT2D eigenvalue weighted by Gasteiger charge is -2.28. The number of aliphatic hydroxyl groups is 1. The Bertz CT molecular complexity index is 519. The summed E-state index contributed by atoms with van der Waals surface area (Å²) in [6.07, 6.45) is 1.68. The minimum atomic E-state index is -0.553. The van der Waals surface area contributed by atoms with Gasteiger partial charge in [0.15, 0.2) is 0 Å². The van der Waals surface area contributed by atoms with E-state index < -0.39 is 6.10 Å². The zero-order chi connectivity index (χ0) is 15.3. The summed E-state index contributed by atoms with van der Waals surface area (Å²) in [6, 6.07) is 14.3. The number of benzene rings is 1. The van der Waals surface area contributed by atoms with E-state index in [0.717, 1.165) is 6.54 Å². The van der Waals surface area contributed by atoms with Crippen LogP contribution in [-0.2, 0) is 5.41 Å². The van der Waals surface area contributed by atoms with Crippen LogP contribution in [0.25, 0.3) is 0 Å². The zero-order valence-electron chi connectivity index (χ0n) is 13.0. The van der Waals surface area contributed by atoms with Crippen LogP contribution in [0.1, 0.15) is 44.6 Å². The van der Waals surface area contributed by atoms with Crippen molar-refractivity contribution in [1.82, 2.24) is 5.32 Å². The van der Waals surface area contributed by atoms with Gasteiger partial charge in [0.05, 0.1) is 6.26 Å². The van der Waals surface area contributed by atoms with Gasteiger partial charge in [0.1, 0.15) is 11.9 Å². The highest BCUT2D eigenvalue weighted by Crippen LogP contribution is 2.23. The molecule has 2 atom stereocenters. The molecule has 1 heterocycles. The van der Waals surface area contributed by atoms with Gasteiger partial charge >= 0.3 is 0 Å². The second kappa shape index (κ2) is 6.92. The molecule has 0 aliphatic rings. The summed E-state index contributed by atoms with van der Waals surface area (Å²) in [6.45, 7) is 7.41. The first kappa shape index (κ1) is 15.8. The van der Waals surface area contributed by atoms with E-state index in [4.69, 9.17) is 4.42 Å². The lowest BCUT2D eigenvalue weighted by molar-refractivity contribution is 0.128. The number of rotatable bonds is 7. The number of hydrogen-bond acceptors (Lipinski definition) is 3. The lowest BCUT2D eigenvalue weighted by atomic mass is 9.84. The minimum absolute atomic E-state index is 0.0607. The molecule has 2 rings (SSSR count). The molecule has 0 aliphatic carbocycles. The smallest absolute Gasteiger partial charge is 0.132 e. The Morgan fingerprint density at radius 3 is 2.48 bits per heavy atom. The van der Waals surface area contributed by atoms with Crippen molar-refractivity contribution in [2.75, 3.05) is 6.54 Å². The summed E-state index contributed by atoms with van der Waals surface area (Å²) >= 11 is 0. The van der Waals surface area contributed by atoms with Crippen LogP contribution in [0.2, 0.25) is 0 Å². The summed E-state index contributed by atoms with van der Waals surface area (Å²) < 4.78 is 5.23. The highest BCUT2D eigenvalue weighted by molar-refractivity contribution is 5.23. The van der Waals surface area contributed by atoms with Gasteiger partial charge in [-0.05, 0) is 31.0 Å². The molecule has 1 aromatic heterocycles. The first-order chi connectivity index (χ1) is 9.99. The van der Waals surface area contributed by atoms with Crippen molar-refractivity contribution in [1.29, 1.82) is 0 Å². The Kier molecular flexibility index (Phi) is 5.21. The summed E-state index contributed by atoms with van der Waals surface area (Å²) in [7, 11) is 0. The Hall–Kier alpha value is -1.58. The molecule has 0 saturated heterocycles. The normalized spacial score (nSPS) is 14.9. The van der Waals surface area contributed by atoms with E-state index in [2.05, 4.69) is 50.4 Å². The highest BCUT2D eigenvalue weighted by Gasteiger charge is 2.22. The largest absolute Gasteiger partial charge is 0.467 e. The molecule has 0 radical (unpaired) electrons. The predicted octanol–water partition coefficient (Wildman–Crippen LogP) is 3.66. The van der Waals surface area contributed by atoms with Gasteiger partial charge in [-0.15, -0.1) is 0 Å². The number of hydrogen-bond donors (Lipinski definition) is 2. The Morgan fingerprint density at radius 2 is 1.86 bits per heavy atom. The van der Waals surface area contributed by atoms with Crippen LogP contribution in [0.3, 0.4) is 0 Å². The standard InChI is InChI=1S/C18H25NO2/c1-14(12-16(20)17-10-7-11-21-17)19-13-18(2,3)15-8-5-4-6-9-15/h4-11,14,16,19-20H,12-13H2,1-3H3.